The number of anilines is 1. The molecule has 1 aromatic heterocycles. The number of carbonyl (C=O) groups is 1. The van der Waals surface area contributed by atoms with Gasteiger partial charge in [0.25, 0.3) is 0 Å². The van der Waals surface area contributed by atoms with Crippen molar-refractivity contribution in [2.45, 2.75) is 6.42 Å². The highest BCUT2D eigenvalue weighted by atomic mass is 16.5. The Morgan fingerprint density at radius 3 is 3.12 bits per heavy atom. The Bertz CT molecular complexity index is 451. The molecule has 16 heavy (non-hydrogen) atoms. The Morgan fingerprint density at radius 2 is 2.50 bits per heavy atom. The van der Waals surface area contributed by atoms with Gasteiger partial charge >= 0.3 is 0 Å². The molecule has 1 aliphatic heterocycles. The van der Waals surface area contributed by atoms with E-state index in [1.54, 1.807) is 30.3 Å². The van der Waals surface area contributed by atoms with Gasteiger partial charge in [-0.3, -0.25) is 9.69 Å². The maximum absolute atomic E-state index is 11.7. The van der Waals surface area contributed by atoms with Crippen LogP contribution in [0.3, 0.4) is 0 Å². The zero-order chi connectivity index (χ0) is 11.5. The minimum atomic E-state index is -0.0285. The Balaban J connectivity index is 2.31. The highest BCUT2D eigenvalue weighted by Crippen LogP contribution is 2.30. The van der Waals surface area contributed by atoms with Gasteiger partial charge < -0.3 is 4.74 Å². The maximum Gasteiger partial charge on any atom is 0.229 e. The molecule has 1 unspecified atom stereocenters. The van der Waals surface area contributed by atoms with E-state index in [0.717, 1.165) is 0 Å². The van der Waals surface area contributed by atoms with Crippen molar-refractivity contribution in [1.29, 1.82) is 0 Å². The van der Waals surface area contributed by atoms with E-state index >= 15 is 0 Å². The summed E-state index contributed by atoms with van der Waals surface area (Å²) in [5.74, 6) is 3.71. The van der Waals surface area contributed by atoms with Gasteiger partial charge in [0.2, 0.25) is 5.91 Å². The van der Waals surface area contributed by atoms with Crippen LogP contribution in [0, 0.1) is 18.3 Å². The van der Waals surface area contributed by atoms with E-state index in [2.05, 4.69) is 10.9 Å². The van der Waals surface area contributed by atoms with Crippen LogP contribution in [-0.2, 0) is 4.79 Å². The van der Waals surface area contributed by atoms with Crippen LogP contribution in [0.2, 0.25) is 0 Å². The van der Waals surface area contributed by atoms with Crippen LogP contribution >= 0.6 is 0 Å². The molecule has 2 heterocycles. The van der Waals surface area contributed by atoms with E-state index in [4.69, 9.17) is 11.2 Å². The molecule has 0 radical (unpaired) electrons. The molecule has 2 rings (SSSR count). The van der Waals surface area contributed by atoms with Gasteiger partial charge in [-0.2, -0.15) is 0 Å². The molecule has 1 amide bonds. The lowest BCUT2D eigenvalue weighted by Crippen LogP contribution is -2.25. The normalized spacial score (nSPS) is 19.6. The van der Waals surface area contributed by atoms with Crippen molar-refractivity contribution in [3.63, 3.8) is 0 Å². The lowest BCUT2D eigenvalue weighted by atomic mass is 10.1. The number of ether oxygens (including phenoxy) is 1. The molecule has 1 atom stereocenters. The van der Waals surface area contributed by atoms with Crippen LogP contribution in [0.25, 0.3) is 0 Å². The highest BCUT2D eigenvalue weighted by Gasteiger charge is 2.31. The number of nitrogens with zero attached hydrogens (tertiary/aromatic N) is 2. The van der Waals surface area contributed by atoms with Crippen molar-refractivity contribution in [2.75, 3.05) is 18.6 Å². The van der Waals surface area contributed by atoms with Gasteiger partial charge in [0, 0.05) is 25.1 Å². The Labute approximate surface area is 94.2 Å². The molecule has 1 aliphatic rings. The maximum atomic E-state index is 11.7. The third-order valence-electron chi connectivity index (χ3n) is 2.59. The first kappa shape index (κ1) is 10.5. The Hall–Kier alpha value is -2.02. The van der Waals surface area contributed by atoms with Crippen LogP contribution in [0.4, 0.5) is 5.82 Å². The zero-order valence-electron chi connectivity index (χ0n) is 9.01. The summed E-state index contributed by atoms with van der Waals surface area (Å²) in [7, 11) is 1.56. The minimum Gasteiger partial charge on any atom is -0.493 e. The molecule has 82 valence electrons. The fraction of sp³-hybridized carbons (Fsp3) is 0.333. The number of amides is 1. The van der Waals surface area contributed by atoms with Crippen LogP contribution < -0.4 is 9.64 Å². The summed E-state index contributed by atoms with van der Waals surface area (Å²) in [6, 6.07) is 3.54. The summed E-state index contributed by atoms with van der Waals surface area (Å²) in [5, 5.41) is 0. The summed E-state index contributed by atoms with van der Waals surface area (Å²) in [6.45, 7) is 0.517. The lowest BCUT2D eigenvalue weighted by molar-refractivity contribution is -0.117. The third kappa shape index (κ3) is 1.72. The van der Waals surface area contributed by atoms with Gasteiger partial charge in [0.15, 0.2) is 11.6 Å². The minimum absolute atomic E-state index is 0.0000463. The Kier molecular flexibility index (Phi) is 2.78. The molecule has 0 spiro atoms. The summed E-state index contributed by atoms with van der Waals surface area (Å²) >= 11 is 0. The average Bonchev–Trinajstić information content (AvgIpc) is 2.70. The van der Waals surface area contributed by atoms with Gasteiger partial charge in [-0.1, -0.05) is 0 Å². The predicted octanol–water partition coefficient (Wildman–Crippen LogP) is 1.08. The average molecular weight is 216 g/mol. The topological polar surface area (TPSA) is 42.4 Å². The summed E-state index contributed by atoms with van der Waals surface area (Å²) in [4.78, 5) is 17.5. The molecule has 4 nitrogen and oxygen atoms in total. The Morgan fingerprint density at radius 1 is 1.69 bits per heavy atom. The van der Waals surface area contributed by atoms with E-state index in [0.29, 0.717) is 24.5 Å². The predicted molar refractivity (Wildman–Crippen MR) is 60.1 cm³/mol. The lowest BCUT2D eigenvalue weighted by Gasteiger charge is -2.17. The highest BCUT2D eigenvalue weighted by molar-refractivity contribution is 5.96. The third-order valence-corrected chi connectivity index (χ3v) is 2.59. The number of pyridine rings is 1. The molecule has 4 heteroatoms. The first-order valence-electron chi connectivity index (χ1n) is 5.01. The first-order chi connectivity index (χ1) is 7.76. The monoisotopic (exact) mass is 216 g/mol. The van der Waals surface area contributed by atoms with Crippen molar-refractivity contribution in [3.05, 3.63) is 18.3 Å². The van der Waals surface area contributed by atoms with Gasteiger partial charge in [-0.25, -0.2) is 4.98 Å². The summed E-state index contributed by atoms with van der Waals surface area (Å²) in [6.07, 6.45) is 7.34. The molecule has 1 fully saturated rings. The summed E-state index contributed by atoms with van der Waals surface area (Å²) in [5.41, 5.74) is 0. The molecule has 0 aliphatic carbocycles. The van der Waals surface area contributed by atoms with E-state index in [1.807, 2.05) is 0 Å². The van der Waals surface area contributed by atoms with E-state index in [9.17, 15) is 4.79 Å². The van der Waals surface area contributed by atoms with E-state index < -0.39 is 0 Å². The number of rotatable bonds is 2. The van der Waals surface area contributed by atoms with Crippen molar-refractivity contribution in [3.8, 4) is 18.1 Å². The molecular formula is C12H12N2O2. The van der Waals surface area contributed by atoms with Gasteiger partial charge in [0.1, 0.15) is 0 Å². The zero-order valence-corrected chi connectivity index (χ0v) is 9.01. The van der Waals surface area contributed by atoms with Gasteiger partial charge in [-0.05, 0) is 12.1 Å². The number of terminal acetylenes is 1. The van der Waals surface area contributed by atoms with Crippen molar-refractivity contribution < 1.29 is 9.53 Å². The number of methoxy groups -OCH3 is 1. The number of aromatic nitrogens is 1. The SMILES string of the molecule is C#CC1CC(=O)N(c2ncccc2OC)C1. The van der Waals surface area contributed by atoms with Crippen LogP contribution in [0.5, 0.6) is 5.75 Å². The number of hydrogen-bond donors (Lipinski definition) is 0. The molecule has 1 aromatic rings. The van der Waals surface area contributed by atoms with Crippen LogP contribution in [-0.4, -0.2) is 24.5 Å². The fourth-order valence-corrected chi connectivity index (χ4v) is 1.77. The first-order valence-corrected chi connectivity index (χ1v) is 5.01. The molecule has 0 aromatic carbocycles. The second kappa shape index (κ2) is 4.23. The van der Waals surface area contributed by atoms with Crippen molar-refractivity contribution >= 4 is 11.7 Å². The quantitative estimate of drug-likeness (QED) is 0.695. The number of carbonyl (C=O) groups excluding carboxylic acids is 1. The van der Waals surface area contributed by atoms with Gasteiger partial charge in [-0.15, -0.1) is 12.3 Å². The summed E-state index contributed by atoms with van der Waals surface area (Å²) < 4.78 is 5.17. The molecule has 0 N–H and O–H groups in total. The standard InChI is InChI=1S/C12H12N2O2/c1-3-9-7-11(15)14(8-9)12-10(16-2)5-4-6-13-12/h1,4-6,9H,7-8H2,2H3. The van der Waals surface area contributed by atoms with Gasteiger partial charge in [0.05, 0.1) is 7.11 Å². The van der Waals surface area contributed by atoms with Crippen molar-refractivity contribution in [2.24, 2.45) is 5.92 Å². The molecular weight excluding hydrogens is 204 g/mol. The smallest absolute Gasteiger partial charge is 0.229 e. The molecule has 0 saturated carbocycles. The molecule has 1 saturated heterocycles. The van der Waals surface area contributed by atoms with Crippen LogP contribution in [0.1, 0.15) is 6.42 Å². The largest absolute Gasteiger partial charge is 0.493 e. The molecule has 0 bridgehead atoms. The fourth-order valence-electron chi connectivity index (χ4n) is 1.77. The van der Waals surface area contributed by atoms with Crippen LogP contribution in [0.15, 0.2) is 18.3 Å². The van der Waals surface area contributed by atoms with Crippen molar-refractivity contribution in [1.82, 2.24) is 4.98 Å². The number of hydrogen-bond acceptors (Lipinski definition) is 3. The second-order valence-electron chi connectivity index (χ2n) is 3.60. The van der Waals surface area contributed by atoms with E-state index in [-0.39, 0.29) is 11.8 Å². The van der Waals surface area contributed by atoms with E-state index in [1.165, 1.54) is 0 Å². The second-order valence-corrected chi connectivity index (χ2v) is 3.60.